The zero-order valence-electron chi connectivity index (χ0n) is 15.2. The molecule has 24 heavy (non-hydrogen) atoms. The molecular formula is C22H28O2. The van der Waals surface area contributed by atoms with Crippen LogP contribution < -0.4 is 0 Å². The maximum absolute atomic E-state index is 13.1. The minimum absolute atomic E-state index is 0.174. The van der Waals surface area contributed by atoms with Gasteiger partial charge in [-0.2, -0.15) is 0 Å². The molecule has 0 saturated heterocycles. The molecule has 0 bridgehead atoms. The van der Waals surface area contributed by atoms with Crippen molar-refractivity contribution in [2.24, 2.45) is 0 Å². The van der Waals surface area contributed by atoms with Gasteiger partial charge in [-0.05, 0) is 53.5 Å². The summed E-state index contributed by atoms with van der Waals surface area (Å²) in [5, 5.41) is 10.6. The van der Waals surface area contributed by atoms with E-state index in [1.165, 1.54) is 11.1 Å². The predicted octanol–water partition coefficient (Wildman–Crippen LogP) is 4.85. The van der Waals surface area contributed by atoms with Crippen molar-refractivity contribution >= 4 is 5.78 Å². The van der Waals surface area contributed by atoms with Crippen LogP contribution in [-0.2, 0) is 25.7 Å². The maximum atomic E-state index is 13.1. The number of aryl methyl sites for hydroxylation is 2. The minimum atomic E-state index is -1.10. The summed E-state index contributed by atoms with van der Waals surface area (Å²) < 4.78 is 0. The average Bonchev–Trinajstić information content (AvgIpc) is 2.65. The first-order valence-electron chi connectivity index (χ1n) is 9.02. The van der Waals surface area contributed by atoms with Gasteiger partial charge in [0.1, 0.15) is 6.10 Å². The molecule has 1 atom stereocenters. The molecule has 2 heteroatoms. The van der Waals surface area contributed by atoms with Crippen molar-refractivity contribution in [2.75, 3.05) is 0 Å². The van der Waals surface area contributed by atoms with E-state index >= 15 is 0 Å². The minimum Gasteiger partial charge on any atom is -0.380 e. The summed E-state index contributed by atoms with van der Waals surface area (Å²) >= 11 is 0. The number of aliphatic hydroxyl groups is 1. The Kier molecular flexibility index (Phi) is 6.33. The molecule has 2 aromatic rings. The molecule has 0 saturated carbocycles. The summed E-state index contributed by atoms with van der Waals surface area (Å²) in [6, 6.07) is 11.4. The number of ketones is 1. The molecule has 0 amide bonds. The highest BCUT2D eigenvalue weighted by Gasteiger charge is 2.26. The molecule has 2 aromatic carbocycles. The van der Waals surface area contributed by atoms with Crippen molar-refractivity contribution in [1.29, 1.82) is 0 Å². The van der Waals surface area contributed by atoms with Crippen LogP contribution in [0.2, 0.25) is 0 Å². The van der Waals surface area contributed by atoms with Gasteiger partial charge in [0, 0.05) is 5.56 Å². The van der Waals surface area contributed by atoms with Crippen LogP contribution >= 0.6 is 0 Å². The Hall–Kier alpha value is -1.93. The molecule has 128 valence electrons. The molecule has 2 nitrogen and oxygen atoms in total. The summed E-state index contributed by atoms with van der Waals surface area (Å²) in [6.07, 6.45) is 2.40. The molecule has 0 fully saturated rings. The fourth-order valence-electron chi connectivity index (χ4n) is 3.56. The van der Waals surface area contributed by atoms with E-state index in [2.05, 4.69) is 33.8 Å². The number of rotatable bonds is 7. The second-order valence-electron chi connectivity index (χ2n) is 6.12. The number of aliphatic hydroxyl groups excluding tert-OH is 1. The first-order valence-corrected chi connectivity index (χ1v) is 9.02. The van der Waals surface area contributed by atoms with Crippen LogP contribution in [0.25, 0.3) is 0 Å². The van der Waals surface area contributed by atoms with Gasteiger partial charge in [-0.15, -0.1) is 0 Å². The number of hydrogen-bond acceptors (Lipinski definition) is 2. The second kappa shape index (κ2) is 8.25. The standard InChI is InChI=1S/C22H28O2/c1-5-15-14-16(6-2)20(19(8-4)18(15)7-3)22(24)21(23)17-12-10-9-11-13-17/h9-14,21,23H,5-8H2,1-4H3. The van der Waals surface area contributed by atoms with Crippen LogP contribution in [0.5, 0.6) is 0 Å². The zero-order chi connectivity index (χ0) is 17.7. The van der Waals surface area contributed by atoms with E-state index in [0.717, 1.165) is 42.4 Å². The highest BCUT2D eigenvalue weighted by Crippen LogP contribution is 2.30. The van der Waals surface area contributed by atoms with E-state index in [9.17, 15) is 9.90 Å². The lowest BCUT2D eigenvalue weighted by Gasteiger charge is -2.21. The highest BCUT2D eigenvalue weighted by atomic mass is 16.3. The fourth-order valence-corrected chi connectivity index (χ4v) is 3.56. The van der Waals surface area contributed by atoms with Crippen LogP contribution in [0.15, 0.2) is 36.4 Å². The summed E-state index contributed by atoms with van der Waals surface area (Å²) in [4.78, 5) is 13.1. The Bertz CT molecular complexity index is 702. The summed E-state index contributed by atoms with van der Waals surface area (Å²) in [7, 11) is 0. The van der Waals surface area contributed by atoms with E-state index in [4.69, 9.17) is 0 Å². The Morgan fingerprint density at radius 2 is 1.46 bits per heavy atom. The van der Waals surface area contributed by atoms with E-state index < -0.39 is 6.10 Å². The van der Waals surface area contributed by atoms with Crippen molar-refractivity contribution in [3.8, 4) is 0 Å². The average molecular weight is 324 g/mol. The Morgan fingerprint density at radius 3 is 1.96 bits per heavy atom. The van der Waals surface area contributed by atoms with Crippen LogP contribution in [0.3, 0.4) is 0 Å². The molecule has 0 spiro atoms. The Morgan fingerprint density at radius 1 is 0.875 bits per heavy atom. The van der Waals surface area contributed by atoms with Crippen LogP contribution in [0.4, 0.5) is 0 Å². The molecule has 0 aliphatic heterocycles. The van der Waals surface area contributed by atoms with Crippen molar-refractivity contribution in [3.05, 3.63) is 69.8 Å². The summed E-state index contributed by atoms with van der Waals surface area (Å²) in [6.45, 7) is 8.47. The van der Waals surface area contributed by atoms with Gasteiger partial charge < -0.3 is 5.11 Å². The van der Waals surface area contributed by atoms with Crippen molar-refractivity contribution in [3.63, 3.8) is 0 Å². The molecule has 1 N–H and O–H groups in total. The molecule has 0 heterocycles. The number of carbonyl (C=O) groups excluding carboxylic acids is 1. The normalized spacial score (nSPS) is 12.2. The van der Waals surface area contributed by atoms with Crippen molar-refractivity contribution in [2.45, 2.75) is 59.5 Å². The van der Waals surface area contributed by atoms with Crippen LogP contribution in [-0.4, -0.2) is 10.9 Å². The van der Waals surface area contributed by atoms with E-state index in [-0.39, 0.29) is 5.78 Å². The van der Waals surface area contributed by atoms with Gasteiger partial charge in [0.15, 0.2) is 5.78 Å². The number of hydrogen-bond donors (Lipinski definition) is 1. The molecule has 2 rings (SSSR count). The molecule has 0 aliphatic carbocycles. The SMILES string of the molecule is CCc1cc(CC)c(C(=O)C(O)c2ccccc2)c(CC)c1CC. The highest BCUT2D eigenvalue weighted by molar-refractivity contribution is 6.02. The van der Waals surface area contributed by atoms with E-state index in [0.29, 0.717) is 5.56 Å². The summed E-state index contributed by atoms with van der Waals surface area (Å²) in [5.74, 6) is -0.174. The molecule has 0 aromatic heterocycles. The number of carbonyl (C=O) groups is 1. The topological polar surface area (TPSA) is 37.3 Å². The molecular weight excluding hydrogens is 296 g/mol. The number of benzene rings is 2. The van der Waals surface area contributed by atoms with Gasteiger partial charge in [0.25, 0.3) is 0 Å². The first kappa shape index (κ1) is 18.4. The van der Waals surface area contributed by atoms with Crippen LogP contribution in [0.1, 0.15) is 72.0 Å². The smallest absolute Gasteiger partial charge is 0.196 e. The van der Waals surface area contributed by atoms with Gasteiger partial charge >= 0.3 is 0 Å². The second-order valence-corrected chi connectivity index (χ2v) is 6.12. The van der Waals surface area contributed by atoms with Crippen LogP contribution in [0, 0.1) is 0 Å². The van der Waals surface area contributed by atoms with Gasteiger partial charge in [0.2, 0.25) is 0 Å². The third-order valence-electron chi connectivity index (χ3n) is 4.80. The van der Waals surface area contributed by atoms with Gasteiger partial charge in [-0.25, -0.2) is 0 Å². The predicted molar refractivity (Wildman–Crippen MR) is 99.7 cm³/mol. The lowest BCUT2D eigenvalue weighted by Crippen LogP contribution is -2.18. The lowest BCUT2D eigenvalue weighted by atomic mass is 9.83. The molecule has 1 unspecified atom stereocenters. The van der Waals surface area contributed by atoms with E-state index in [1.54, 1.807) is 12.1 Å². The van der Waals surface area contributed by atoms with Gasteiger partial charge in [-0.3, -0.25) is 4.79 Å². The Labute approximate surface area is 145 Å². The first-order chi connectivity index (χ1) is 11.6. The fraction of sp³-hybridized carbons (Fsp3) is 0.409. The third-order valence-corrected chi connectivity index (χ3v) is 4.80. The van der Waals surface area contributed by atoms with Crippen molar-refractivity contribution < 1.29 is 9.90 Å². The van der Waals surface area contributed by atoms with Gasteiger partial charge in [-0.1, -0.05) is 64.1 Å². The Balaban J connectivity index is 2.61. The van der Waals surface area contributed by atoms with Crippen molar-refractivity contribution in [1.82, 2.24) is 0 Å². The zero-order valence-corrected chi connectivity index (χ0v) is 15.2. The largest absolute Gasteiger partial charge is 0.380 e. The lowest BCUT2D eigenvalue weighted by molar-refractivity contribution is 0.0745. The molecule has 0 radical (unpaired) electrons. The monoisotopic (exact) mass is 324 g/mol. The van der Waals surface area contributed by atoms with E-state index in [1.807, 2.05) is 18.2 Å². The molecule has 0 aliphatic rings. The third kappa shape index (κ3) is 3.44. The van der Waals surface area contributed by atoms with Gasteiger partial charge in [0.05, 0.1) is 0 Å². The maximum Gasteiger partial charge on any atom is 0.196 e. The summed E-state index contributed by atoms with van der Waals surface area (Å²) in [5.41, 5.74) is 6.18. The quantitative estimate of drug-likeness (QED) is 0.739. The number of Topliss-reactive ketones (excluding diaryl/α,β-unsaturated/α-hetero) is 1.